The van der Waals surface area contributed by atoms with Gasteiger partial charge in [0.1, 0.15) is 0 Å². The Balaban J connectivity index is 1.84. The zero-order valence-electron chi connectivity index (χ0n) is 14.5. The molecule has 2 N–H and O–H groups in total. The Hall–Kier alpha value is -0.0400. The Morgan fingerprint density at radius 1 is 0.800 bits per heavy atom. The Labute approximate surface area is 127 Å². The third-order valence-corrected chi connectivity index (χ3v) is 6.72. The van der Waals surface area contributed by atoms with Gasteiger partial charge < -0.3 is 5.73 Å². The lowest BCUT2D eigenvalue weighted by Gasteiger charge is -2.42. The van der Waals surface area contributed by atoms with Crippen LogP contribution in [0, 0.1) is 35.0 Å². The Morgan fingerprint density at radius 2 is 1.35 bits per heavy atom. The van der Waals surface area contributed by atoms with Gasteiger partial charge in [0.15, 0.2) is 0 Å². The number of rotatable bonds is 2. The second kappa shape index (κ2) is 6.38. The monoisotopic (exact) mass is 279 g/mol. The first-order valence-electron chi connectivity index (χ1n) is 9.04. The van der Waals surface area contributed by atoms with Crippen molar-refractivity contribution in [2.75, 3.05) is 0 Å². The highest BCUT2D eigenvalue weighted by Crippen LogP contribution is 2.43. The summed E-state index contributed by atoms with van der Waals surface area (Å²) in [5.41, 5.74) is 7.18. The summed E-state index contributed by atoms with van der Waals surface area (Å²) in [6.07, 6.45) is 9.72. The van der Waals surface area contributed by atoms with Crippen LogP contribution in [0.4, 0.5) is 0 Å². The van der Waals surface area contributed by atoms with Crippen molar-refractivity contribution in [1.29, 1.82) is 0 Å². The lowest BCUT2D eigenvalue weighted by Crippen LogP contribution is -2.43. The van der Waals surface area contributed by atoms with E-state index in [2.05, 4.69) is 34.6 Å². The van der Waals surface area contributed by atoms with E-state index in [0.717, 1.165) is 29.6 Å². The molecule has 0 aromatic rings. The van der Waals surface area contributed by atoms with E-state index in [1.807, 2.05) is 0 Å². The molecule has 4 unspecified atom stereocenters. The van der Waals surface area contributed by atoms with Crippen molar-refractivity contribution in [2.24, 2.45) is 40.7 Å². The second-order valence-electron chi connectivity index (χ2n) is 9.08. The minimum Gasteiger partial charge on any atom is -0.327 e. The highest BCUT2D eigenvalue weighted by molar-refractivity contribution is 4.89. The average molecular weight is 280 g/mol. The average Bonchev–Trinajstić information content (AvgIpc) is 2.40. The van der Waals surface area contributed by atoms with Crippen LogP contribution in [-0.4, -0.2) is 6.04 Å². The van der Waals surface area contributed by atoms with E-state index < -0.39 is 0 Å². The standard InChI is InChI=1S/C19H37N/c1-13-6-7-16(12-14(13)2)18(20)15-8-10-17(11-9-15)19(3,4)5/h13-18H,6-12,20H2,1-5H3. The molecule has 2 fully saturated rings. The van der Waals surface area contributed by atoms with Gasteiger partial charge in [-0.1, -0.05) is 41.0 Å². The topological polar surface area (TPSA) is 26.0 Å². The molecule has 0 heterocycles. The fourth-order valence-corrected chi connectivity index (χ4v) is 4.69. The van der Waals surface area contributed by atoms with Crippen molar-refractivity contribution in [1.82, 2.24) is 0 Å². The van der Waals surface area contributed by atoms with E-state index >= 15 is 0 Å². The summed E-state index contributed by atoms with van der Waals surface area (Å²) in [7, 11) is 0. The summed E-state index contributed by atoms with van der Waals surface area (Å²) in [6, 6.07) is 0.478. The summed E-state index contributed by atoms with van der Waals surface area (Å²) in [6.45, 7) is 12.1. The number of hydrogen-bond donors (Lipinski definition) is 1. The predicted molar refractivity (Wildman–Crippen MR) is 88.5 cm³/mol. The van der Waals surface area contributed by atoms with E-state index in [0.29, 0.717) is 11.5 Å². The molecular weight excluding hydrogens is 242 g/mol. The lowest BCUT2D eigenvalue weighted by atomic mass is 9.65. The first kappa shape index (κ1) is 16.3. The summed E-state index contributed by atoms with van der Waals surface area (Å²) in [5, 5.41) is 0. The maximum absolute atomic E-state index is 6.69. The van der Waals surface area contributed by atoms with Crippen molar-refractivity contribution in [3.8, 4) is 0 Å². The van der Waals surface area contributed by atoms with Crippen LogP contribution in [0.25, 0.3) is 0 Å². The number of hydrogen-bond acceptors (Lipinski definition) is 1. The van der Waals surface area contributed by atoms with Gasteiger partial charge in [-0.25, -0.2) is 0 Å². The molecule has 0 saturated heterocycles. The van der Waals surface area contributed by atoms with E-state index in [1.54, 1.807) is 0 Å². The van der Waals surface area contributed by atoms with Gasteiger partial charge in [-0.15, -0.1) is 0 Å². The van der Waals surface area contributed by atoms with Crippen molar-refractivity contribution in [3.05, 3.63) is 0 Å². The van der Waals surface area contributed by atoms with E-state index in [9.17, 15) is 0 Å². The molecule has 2 aliphatic rings. The minimum absolute atomic E-state index is 0.478. The molecule has 0 aromatic carbocycles. The summed E-state index contributed by atoms with van der Waals surface area (Å²) in [4.78, 5) is 0. The molecule has 0 bridgehead atoms. The van der Waals surface area contributed by atoms with Gasteiger partial charge in [0.05, 0.1) is 0 Å². The van der Waals surface area contributed by atoms with Gasteiger partial charge in [0.2, 0.25) is 0 Å². The predicted octanol–water partition coefficient (Wildman–Crippen LogP) is 5.24. The minimum atomic E-state index is 0.478. The fraction of sp³-hybridized carbons (Fsp3) is 1.00. The molecule has 20 heavy (non-hydrogen) atoms. The molecule has 2 rings (SSSR count). The normalized spacial score (nSPS) is 41.4. The third kappa shape index (κ3) is 3.78. The Kier molecular flexibility index (Phi) is 5.21. The molecule has 118 valence electrons. The summed E-state index contributed by atoms with van der Waals surface area (Å²) in [5.74, 6) is 4.31. The zero-order chi connectivity index (χ0) is 14.9. The molecule has 0 aromatic heterocycles. The molecule has 0 aliphatic heterocycles. The SMILES string of the molecule is CC1CCC(C(N)C2CCC(C(C)(C)C)CC2)CC1C. The van der Waals surface area contributed by atoms with E-state index in [4.69, 9.17) is 5.73 Å². The summed E-state index contributed by atoms with van der Waals surface area (Å²) < 4.78 is 0. The molecule has 0 radical (unpaired) electrons. The van der Waals surface area contributed by atoms with Crippen LogP contribution in [0.1, 0.15) is 79.6 Å². The smallest absolute Gasteiger partial charge is 0.00957 e. The maximum atomic E-state index is 6.69. The highest BCUT2D eigenvalue weighted by atomic mass is 14.7. The van der Waals surface area contributed by atoms with Gasteiger partial charge in [-0.3, -0.25) is 0 Å². The summed E-state index contributed by atoms with van der Waals surface area (Å²) >= 11 is 0. The molecule has 1 heteroatoms. The van der Waals surface area contributed by atoms with Crippen molar-refractivity contribution < 1.29 is 0 Å². The molecular formula is C19H37N. The largest absolute Gasteiger partial charge is 0.327 e. The highest BCUT2D eigenvalue weighted by Gasteiger charge is 2.36. The Bertz CT molecular complexity index is 295. The quantitative estimate of drug-likeness (QED) is 0.735. The van der Waals surface area contributed by atoms with Crippen molar-refractivity contribution in [3.63, 3.8) is 0 Å². The zero-order valence-corrected chi connectivity index (χ0v) is 14.5. The van der Waals surface area contributed by atoms with Gasteiger partial charge in [0.25, 0.3) is 0 Å². The molecule has 0 amide bonds. The molecule has 2 saturated carbocycles. The molecule has 1 nitrogen and oxygen atoms in total. The maximum Gasteiger partial charge on any atom is 0.00957 e. The van der Waals surface area contributed by atoms with Gasteiger partial charge in [0, 0.05) is 6.04 Å². The first-order valence-corrected chi connectivity index (χ1v) is 9.04. The van der Waals surface area contributed by atoms with Crippen LogP contribution in [0.15, 0.2) is 0 Å². The third-order valence-electron chi connectivity index (χ3n) is 6.72. The molecule has 4 atom stereocenters. The number of nitrogens with two attached hydrogens (primary N) is 1. The first-order chi connectivity index (χ1) is 9.29. The van der Waals surface area contributed by atoms with Crippen LogP contribution >= 0.6 is 0 Å². The van der Waals surface area contributed by atoms with E-state index in [1.165, 1.54) is 44.9 Å². The van der Waals surface area contributed by atoms with Crippen LogP contribution in [0.3, 0.4) is 0 Å². The van der Waals surface area contributed by atoms with Gasteiger partial charge in [-0.2, -0.15) is 0 Å². The van der Waals surface area contributed by atoms with Crippen LogP contribution in [0.5, 0.6) is 0 Å². The van der Waals surface area contributed by atoms with Crippen molar-refractivity contribution >= 4 is 0 Å². The second-order valence-corrected chi connectivity index (χ2v) is 9.08. The van der Waals surface area contributed by atoms with Gasteiger partial charge in [-0.05, 0) is 73.5 Å². The van der Waals surface area contributed by atoms with Crippen LogP contribution in [-0.2, 0) is 0 Å². The fourth-order valence-electron chi connectivity index (χ4n) is 4.69. The lowest BCUT2D eigenvalue weighted by molar-refractivity contribution is 0.104. The van der Waals surface area contributed by atoms with E-state index in [-0.39, 0.29) is 0 Å². The van der Waals surface area contributed by atoms with Gasteiger partial charge >= 0.3 is 0 Å². The van der Waals surface area contributed by atoms with Crippen LogP contribution < -0.4 is 5.73 Å². The molecule has 0 spiro atoms. The molecule has 2 aliphatic carbocycles. The Morgan fingerprint density at radius 3 is 1.85 bits per heavy atom. The van der Waals surface area contributed by atoms with Crippen molar-refractivity contribution in [2.45, 2.75) is 85.6 Å². The van der Waals surface area contributed by atoms with Crippen LogP contribution in [0.2, 0.25) is 0 Å².